The Bertz CT molecular complexity index is 698. The van der Waals surface area contributed by atoms with E-state index in [0.717, 1.165) is 11.1 Å². The molecule has 1 heterocycles. The summed E-state index contributed by atoms with van der Waals surface area (Å²) < 4.78 is 0. The van der Waals surface area contributed by atoms with E-state index in [9.17, 15) is 4.79 Å². The predicted molar refractivity (Wildman–Crippen MR) is 90.9 cm³/mol. The highest BCUT2D eigenvalue weighted by Gasteiger charge is 2.28. The number of nitrogens with zero attached hydrogens (tertiary/aromatic N) is 3. The average Bonchev–Trinajstić information content (AvgIpc) is 2.90. The highest BCUT2D eigenvalue weighted by molar-refractivity contribution is 8.15. The number of carbonyl (C=O) groups excluding carboxylic acids is 1. The fraction of sp³-hybridized carbons (Fsp3) is 0.118. The lowest BCUT2D eigenvalue weighted by atomic mass is 10.2. The van der Waals surface area contributed by atoms with E-state index in [1.165, 1.54) is 11.8 Å². The molecule has 1 saturated heterocycles. The summed E-state index contributed by atoms with van der Waals surface area (Å²) in [5.74, 6) is 0.495. The Morgan fingerprint density at radius 2 is 1.73 bits per heavy atom. The van der Waals surface area contributed by atoms with Crippen molar-refractivity contribution in [1.82, 2.24) is 4.90 Å². The van der Waals surface area contributed by atoms with E-state index < -0.39 is 0 Å². The standard InChI is InChI=1S/C17H15N3OS/c21-16-13-22-17(19-18-11-14-7-3-1-4-8-14)20(16)12-15-9-5-2-6-10-15/h1-11H,12-13H2/b18-11-,19-17-. The van der Waals surface area contributed by atoms with E-state index in [1.54, 1.807) is 11.1 Å². The van der Waals surface area contributed by atoms with Crippen LogP contribution in [0.2, 0.25) is 0 Å². The lowest BCUT2D eigenvalue weighted by molar-refractivity contribution is -0.124. The van der Waals surface area contributed by atoms with Crippen molar-refractivity contribution in [3.63, 3.8) is 0 Å². The molecule has 0 N–H and O–H groups in total. The first kappa shape index (κ1) is 14.5. The van der Waals surface area contributed by atoms with Crippen LogP contribution in [0.4, 0.5) is 0 Å². The summed E-state index contributed by atoms with van der Waals surface area (Å²) in [6, 6.07) is 19.7. The van der Waals surface area contributed by atoms with Crippen LogP contribution in [-0.4, -0.2) is 27.9 Å². The number of thioether (sulfide) groups is 1. The van der Waals surface area contributed by atoms with Crippen LogP contribution in [0.1, 0.15) is 11.1 Å². The van der Waals surface area contributed by atoms with Crippen LogP contribution in [0, 0.1) is 0 Å². The average molecular weight is 309 g/mol. The molecule has 2 aromatic rings. The van der Waals surface area contributed by atoms with Crippen molar-refractivity contribution >= 4 is 29.1 Å². The Balaban J connectivity index is 1.73. The van der Waals surface area contributed by atoms with Crippen LogP contribution in [0.25, 0.3) is 0 Å². The maximum Gasteiger partial charge on any atom is 0.239 e. The molecule has 2 aromatic carbocycles. The molecule has 0 bridgehead atoms. The fourth-order valence-corrected chi connectivity index (χ4v) is 2.91. The second-order valence-corrected chi connectivity index (χ2v) is 5.73. The van der Waals surface area contributed by atoms with E-state index in [0.29, 0.717) is 17.5 Å². The van der Waals surface area contributed by atoms with Gasteiger partial charge in [-0.15, -0.1) is 5.10 Å². The van der Waals surface area contributed by atoms with Gasteiger partial charge in [0.05, 0.1) is 18.5 Å². The zero-order chi connectivity index (χ0) is 15.2. The van der Waals surface area contributed by atoms with Crippen molar-refractivity contribution < 1.29 is 4.79 Å². The minimum atomic E-state index is 0.0718. The minimum Gasteiger partial charge on any atom is -0.285 e. The van der Waals surface area contributed by atoms with Crippen LogP contribution >= 0.6 is 11.8 Å². The molecule has 3 rings (SSSR count). The van der Waals surface area contributed by atoms with Gasteiger partial charge in [-0.25, -0.2) is 0 Å². The summed E-state index contributed by atoms with van der Waals surface area (Å²) >= 11 is 1.43. The van der Waals surface area contributed by atoms with Gasteiger partial charge in [-0.3, -0.25) is 9.69 Å². The maximum atomic E-state index is 12.0. The third kappa shape index (κ3) is 3.62. The number of amides is 1. The Morgan fingerprint density at radius 1 is 1.05 bits per heavy atom. The lowest BCUT2D eigenvalue weighted by Gasteiger charge is -2.14. The van der Waals surface area contributed by atoms with Crippen molar-refractivity contribution in [2.24, 2.45) is 10.2 Å². The highest BCUT2D eigenvalue weighted by Crippen LogP contribution is 2.21. The van der Waals surface area contributed by atoms with Crippen molar-refractivity contribution in [3.8, 4) is 0 Å². The molecule has 0 saturated carbocycles. The normalized spacial score (nSPS) is 16.8. The van der Waals surface area contributed by atoms with Crippen LogP contribution in [0.3, 0.4) is 0 Å². The highest BCUT2D eigenvalue weighted by atomic mass is 32.2. The van der Waals surface area contributed by atoms with E-state index in [4.69, 9.17) is 0 Å². The van der Waals surface area contributed by atoms with Crippen molar-refractivity contribution in [2.75, 3.05) is 5.75 Å². The lowest BCUT2D eigenvalue weighted by Crippen LogP contribution is -2.28. The quantitative estimate of drug-likeness (QED) is 0.643. The molecule has 0 aliphatic carbocycles. The Labute approximate surface area is 133 Å². The summed E-state index contributed by atoms with van der Waals surface area (Å²) in [5.41, 5.74) is 2.06. The SMILES string of the molecule is O=C1CS/C(=N\N=C/c2ccccc2)N1Cc1ccccc1. The molecule has 5 heteroatoms. The second kappa shape index (κ2) is 7.04. The molecule has 0 aromatic heterocycles. The third-order valence-electron chi connectivity index (χ3n) is 3.19. The monoisotopic (exact) mass is 309 g/mol. The van der Waals surface area contributed by atoms with Crippen LogP contribution in [0.15, 0.2) is 70.9 Å². The second-order valence-electron chi connectivity index (χ2n) is 4.79. The van der Waals surface area contributed by atoms with E-state index in [2.05, 4.69) is 10.2 Å². The molecule has 0 spiro atoms. The molecule has 110 valence electrons. The maximum absolute atomic E-state index is 12.0. The Kier molecular flexibility index (Phi) is 4.65. The molecule has 0 unspecified atom stereocenters. The van der Waals surface area contributed by atoms with Gasteiger partial charge in [0.25, 0.3) is 0 Å². The fourth-order valence-electron chi connectivity index (χ4n) is 2.08. The largest absolute Gasteiger partial charge is 0.285 e. The first-order valence-corrected chi connectivity index (χ1v) is 7.94. The Hall–Kier alpha value is -2.40. The zero-order valence-electron chi connectivity index (χ0n) is 11.9. The van der Waals surface area contributed by atoms with Crippen molar-refractivity contribution in [2.45, 2.75) is 6.54 Å². The molecule has 1 fully saturated rings. The first-order chi connectivity index (χ1) is 10.8. The van der Waals surface area contributed by atoms with E-state index >= 15 is 0 Å². The molecular weight excluding hydrogens is 294 g/mol. The number of carbonyl (C=O) groups is 1. The van der Waals surface area contributed by atoms with Crippen LogP contribution in [-0.2, 0) is 11.3 Å². The van der Waals surface area contributed by atoms with Gasteiger partial charge in [0.15, 0.2) is 5.17 Å². The number of rotatable bonds is 4. The summed E-state index contributed by atoms with van der Waals surface area (Å²) in [7, 11) is 0. The van der Waals surface area contributed by atoms with Gasteiger partial charge in [-0.05, 0) is 11.1 Å². The molecular formula is C17H15N3OS. The molecule has 1 amide bonds. The molecule has 22 heavy (non-hydrogen) atoms. The number of hydrogen-bond donors (Lipinski definition) is 0. The molecule has 4 nitrogen and oxygen atoms in total. The van der Waals surface area contributed by atoms with Crippen LogP contribution in [0.5, 0.6) is 0 Å². The molecule has 1 aliphatic heterocycles. The van der Waals surface area contributed by atoms with Gasteiger partial charge < -0.3 is 0 Å². The smallest absolute Gasteiger partial charge is 0.239 e. The van der Waals surface area contributed by atoms with Gasteiger partial charge in [0.2, 0.25) is 5.91 Å². The minimum absolute atomic E-state index is 0.0718. The summed E-state index contributed by atoms with van der Waals surface area (Å²) in [6.07, 6.45) is 1.69. The summed E-state index contributed by atoms with van der Waals surface area (Å²) in [4.78, 5) is 13.7. The predicted octanol–water partition coefficient (Wildman–Crippen LogP) is 3.15. The summed E-state index contributed by atoms with van der Waals surface area (Å²) in [5, 5.41) is 8.95. The van der Waals surface area contributed by atoms with E-state index in [1.807, 2.05) is 60.7 Å². The topological polar surface area (TPSA) is 45.0 Å². The van der Waals surface area contributed by atoms with Gasteiger partial charge in [-0.1, -0.05) is 72.4 Å². The third-order valence-corrected chi connectivity index (χ3v) is 4.14. The Morgan fingerprint density at radius 3 is 2.45 bits per heavy atom. The first-order valence-electron chi connectivity index (χ1n) is 6.96. The van der Waals surface area contributed by atoms with Crippen LogP contribution < -0.4 is 0 Å². The van der Waals surface area contributed by atoms with Crippen molar-refractivity contribution in [3.05, 3.63) is 71.8 Å². The summed E-state index contributed by atoms with van der Waals surface area (Å²) in [6.45, 7) is 0.534. The molecule has 1 aliphatic rings. The number of amidine groups is 1. The van der Waals surface area contributed by atoms with E-state index in [-0.39, 0.29) is 5.91 Å². The van der Waals surface area contributed by atoms with Gasteiger partial charge in [-0.2, -0.15) is 5.10 Å². The van der Waals surface area contributed by atoms with Gasteiger partial charge in [0.1, 0.15) is 0 Å². The van der Waals surface area contributed by atoms with Gasteiger partial charge in [0, 0.05) is 0 Å². The zero-order valence-corrected chi connectivity index (χ0v) is 12.7. The molecule has 0 atom stereocenters. The number of benzene rings is 2. The van der Waals surface area contributed by atoms with Gasteiger partial charge >= 0.3 is 0 Å². The molecule has 0 radical (unpaired) electrons. The number of hydrogen-bond acceptors (Lipinski definition) is 4. The van der Waals surface area contributed by atoms with Crippen molar-refractivity contribution in [1.29, 1.82) is 0 Å².